The van der Waals surface area contributed by atoms with E-state index in [0.717, 1.165) is 7.11 Å². The summed E-state index contributed by atoms with van der Waals surface area (Å²) >= 11 is 9.10. The molecule has 2 fully saturated rings. The Balaban J connectivity index is 1.21. The fourth-order valence-corrected chi connectivity index (χ4v) is 7.46. The number of fused-ring (bicyclic) bond motifs is 2. The van der Waals surface area contributed by atoms with E-state index in [1.165, 1.54) is 29.9 Å². The van der Waals surface area contributed by atoms with E-state index < -0.39 is 57.1 Å². The molecule has 0 saturated carbocycles. The van der Waals surface area contributed by atoms with Crippen LogP contribution in [0.3, 0.4) is 0 Å². The lowest BCUT2D eigenvalue weighted by Crippen LogP contribution is -2.34. The van der Waals surface area contributed by atoms with E-state index in [1.54, 1.807) is 4.57 Å². The number of hydrogen-bond donors (Lipinski definition) is 4. The number of thiol groups is 1. The number of hydrogen-bond acceptors (Lipinski definition) is 16. The van der Waals surface area contributed by atoms with Crippen LogP contribution < -0.4 is 11.5 Å². The Kier molecular flexibility index (Phi) is 8.66. The van der Waals surface area contributed by atoms with Crippen LogP contribution in [0.2, 0.25) is 0 Å². The summed E-state index contributed by atoms with van der Waals surface area (Å²) < 4.78 is 65.9. The van der Waals surface area contributed by atoms with Crippen LogP contribution in [0, 0.1) is 0 Å². The van der Waals surface area contributed by atoms with Crippen molar-refractivity contribution in [3.05, 3.63) is 25.3 Å². The van der Waals surface area contributed by atoms with Crippen LogP contribution in [0.15, 0.2) is 25.3 Å². The molecule has 238 valence electrons. The number of anilines is 2. The Hall–Kier alpha value is -2.42. The summed E-state index contributed by atoms with van der Waals surface area (Å²) in [5, 5.41) is 0. The molecule has 23 heteroatoms. The second kappa shape index (κ2) is 12.1. The minimum absolute atomic E-state index is 0.0800. The van der Waals surface area contributed by atoms with Crippen LogP contribution in [0.25, 0.3) is 22.3 Å². The second-order valence-electron chi connectivity index (χ2n) is 9.88. The molecule has 18 nitrogen and oxygen atoms in total. The molecule has 5 N–H and O–H groups in total. The lowest BCUT2D eigenvalue weighted by Gasteiger charge is -2.26. The molecule has 0 aliphatic carbocycles. The van der Waals surface area contributed by atoms with Gasteiger partial charge in [0.05, 0.1) is 25.4 Å². The zero-order chi connectivity index (χ0) is 31.4. The molecule has 0 aromatic carbocycles. The van der Waals surface area contributed by atoms with Crippen molar-refractivity contribution in [1.29, 1.82) is 0 Å². The van der Waals surface area contributed by atoms with E-state index in [-0.39, 0.29) is 28.9 Å². The highest BCUT2D eigenvalue weighted by Gasteiger charge is 2.51. The molecule has 0 amide bonds. The standard InChI is InChI=1S/C21H27FN10O8P2S2/c1-9-3-10(20(37-9)31-7-29-13-16(23)25-5-27-18(13)31)39-42(34,44)36-4-11-15(40-41(33,43)35-2)12(22)21(38-11)32-8-30-14-17(24)26-6-28-19(14)32/h5-12,15,20-21H,3-4H2,1-2H3,(H,33,43)(H,34,44)(H2,23,25,27)(H2,24,26,28)/t9-,10-,11-,12-,15-,20-,21-,41?,42?/m1/s1. The summed E-state index contributed by atoms with van der Waals surface area (Å²) in [6, 6.07) is 0. The lowest BCUT2D eigenvalue weighted by molar-refractivity contribution is -0.0465. The van der Waals surface area contributed by atoms with Gasteiger partial charge in [0.15, 0.2) is 41.6 Å². The van der Waals surface area contributed by atoms with Crippen molar-refractivity contribution < 1.29 is 41.4 Å². The zero-order valence-corrected chi connectivity index (χ0v) is 26.4. The Morgan fingerprint density at radius 1 is 1.05 bits per heavy atom. The summed E-state index contributed by atoms with van der Waals surface area (Å²) in [6.07, 6.45) is -2.52. The maximum Gasteiger partial charge on any atom is 0.386 e. The predicted octanol–water partition coefficient (Wildman–Crippen LogP) is 2.06. The molecule has 4 aromatic heterocycles. The number of halogens is 1. The first-order valence-corrected chi connectivity index (χ1v) is 18.2. The van der Waals surface area contributed by atoms with Crippen LogP contribution in [0.4, 0.5) is 16.0 Å². The highest BCUT2D eigenvalue weighted by Crippen LogP contribution is 2.57. The van der Waals surface area contributed by atoms with E-state index >= 15 is 4.39 Å². The van der Waals surface area contributed by atoms with Gasteiger partial charge in [-0.3, -0.25) is 22.7 Å². The van der Waals surface area contributed by atoms with Crippen molar-refractivity contribution in [3.63, 3.8) is 0 Å². The van der Waals surface area contributed by atoms with Gasteiger partial charge in [-0.05, 0) is 18.7 Å². The predicted molar refractivity (Wildman–Crippen MR) is 158 cm³/mol. The summed E-state index contributed by atoms with van der Waals surface area (Å²) in [7, 11) is 1.12. The second-order valence-corrected chi connectivity index (χ2v) is 15.7. The molecule has 2 saturated heterocycles. The van der Waals surface area contributed by atoms with Crippen molar-refractivity contribution >= 4 is 71.5 Å². The van der Waals surface area contributed by atoms with Gasteiger partial charge in [0.2, 0.25) is 0 Å². The lowest BCUT2D eigenvalue weighted by atomic mass is 10.1. The number of alkyl halides is 1. The van der Waals surface area contributed by atoms with Crippen molar-refractivity contribution in [3.8, 4) is 0 Å². The van der Waals surface area contributed by atoms with Gasteiger partial charge >= 0.3 is 13.5 Å². The molecule has 0 spiro atoms. The third kappa shape index (κ3) is 6.06. The number of rotatable bonds is 10. The number of imidazole rings is 2. The Morgan fingerprint density at radius 3 is 2.23 bits per heavy atom. The average molecular weight is 693 g/mol. The van der Waals surface area contributed by atoms with Gasteiger partial charge in [0, 0.05) is 13.5 Å². The average Bonchev–Trinajstić information content (AvgIpc) is 3.74. The minimum Gasteiger partial charge on any atom is -0.382 e. The molecule has 0 bridgehead atoms. The van der Waals surface area contributed by atoms with Crippen LogP contribution >= 0.6 is 25.8 Å². The Labute approximate surface area is 258 Å². The molecule has 9 atom stereocenters. The summed E-state index contributed by atoms with van der Waals surface area (Å²) in [6.45, 7) is -6.78. The molecule has 2 aliphatic rings. The fourth-order valence-electron chi connectivity index (χ4n) is 5.02. The molecule has 6 rings (SSSR count). The highest BCUT2D eigenvalue weighted by atomic mass is 32.7. The molecule has 0 radical (unpaired) electrons. The van der Waals surface area contributed by atoms with Crippen molar-refractivity contribution in [2.24, 2.45) is 0 Å². The Bertz CT molecular complexity index is 1790. The van der Waals surface area contributed by atoms with Gasteiger partial charge in [-0.1, -0.05) is 12.2 Å². The first-order valence-electron chi connectivity index (χ1n) is 12.9. The summed E-state index contributed by atoms with van der Waals surface area (Å²) in [5.74, 6) is 0.260. The minimum atomic E-state index is -4.16. The molecule has 6 heterocycles. The normalized spacial score (nSPS) is 30.2. The maximum absolute atomic E-state index is 15.9. The van der Waals surface area contributed by atoms with Gasteiger partial charge in [-0.15, -0.1) is 0 Å². The highest BCUT2D eigenvalue weighted by molar-refractivity contribution is 8.44. The van der Waals surface area contributed by atoms with Crippen LogP contribution in [0.5, 0.6) is 0 Å². The third-order valence-corrected chi connectivity index (χ3v) is 10.3. The molecule has 2 unspecified atom stereocenters. The van der Waals surface area contributed by atoms with Crippen molar-refractivity contribution in [2.75, 3.05) is 25.2 Å². The van der Waals surface area contributed by atoms with Gasteiger partial charge in [-0.2, -0.15) is 0 Å². The van der Waals surface area contributed by atoms with Crippen molar-refractivity contribution in [1.82, 2.24) is 39.0 Å². The molecule has 2 aliphatic heterocycles. The van der Waals surface area contributed by atoms with Gasteiger partial charge in [-0.25, -0.2) is 38.9 Å². The largest absolute Gasteiger partial charge is 0.386 e. The number of nitrogens with two attached hydrogens (primary N) is 2. The maximum atomic E-state index is 15.9. The van der Waals surface area contributed by atoms with Gasteiger partial charge < -0.3 is 30.4 Å². The monoisotopic (exact) mass is 692 g/mol. The number of aromatic nitrogens is 8. The quantitative estimate of drug-likeness (QED) is 0.138. The van der Waals surface area contributed by atoms with E-state index in [4.69, 9.17) is 50.8 Å². The number of nitrogens with zero attached hydrogens (tertiary/aromatic N) is 8. The molecular weight excluding hydrogens is 665 g/mol. The van der Waals surface area contributed by atoms with E-state index in [0.29, 0.717) is 17.6 Å². The van der Waals surface area contributed by atoms with Crippen LogP contribution in [-0.4, -0.2) is 88.2 Å². The molecule has 4 aromatic rings. The SMILES string of the molecule is COP(O)(=S)O[C@H]1[C@@H](F)[C@H](n2cnc3c(N)ncnc32)O[C@@H]1COP(=O)(S)O[C@@H]1C[C@@H](C)O[C@H]1n1cnc2c(N)ncnc21. The first kappa shape index (κ1) is 31.6. The van der Waals surface area contributed by atoms with Gasteiger partial charge in [0.1, 0.15) is 42.0 Å². The van der Waals surface area contributed by atoms with Gasteiger partial charge in [0.25, 0.3) is 0 Å². The first-order chi connectivity index (χ1) is 20.9. The Morgan fingerprint density at radius 2 is 1.64 bits per heavy atom. The number of ether oxygens (including phenoxy) is 2. The molecule has 44 heavy (non-hydrogen) atoms. The number of nitrogen functional groups attached to an aromatic ring is 2. The van der Waals surface area contributed by atoms with E-state index in [9.17, 15) is 9.46 Å². The van der Waals surface area contributed by atoms with Crippen LogP contribution in [-0.2, 0) is 43.9 Å². The summed E-state index contributed by atoms with van der Waals surface area (Å²) in [5.41, 5.74) is 12.9. The summed E-state index contributed by atoms with van der Waals surface area (Å²) in [4.78, 5) is 34.9. The van der Waals surface area contributed by atoms with Crippen LogP contribution in [0.1, 0.15) is 25.8 Å². The van der Waals surface area contributed by atoms with Crippen molar-refractivity contribution in [2.45, 2.75) is 56.4 Å². The zero-order valence-electron chi connectivity index (χ0n) is 22.9. The van der Waals surface area contributed by atoms with E-state index in [1.807, 2.05) is 6.92 Å². The smallest absolute Gasteiger partial charge is 0.382 e. The third-order valence-electron chi connectivity index (χ3n) is 7.00. The molecular formula is C21H27FN10O8P2S2. The topological polar surface area (TPSA) is 232 Å². The van der Waals surface area contributed by atoms with E-state index in [2.05, 4.69) is 42.2 Å². The fraction of sp³-hybridized carbons (Fsp3) is 0.524.